The summed E-state index contributed by atoms with van der Waals surface area (Å²) in [6.45, 7) is 0.222. The molecule has 2 fully saturated rings. The van der Waals surface area contributed by atoms with Crippen LogP contribution >= 0.6 is 0 Å². The highest BCUT2D eigenvalue weighted by Gasteiger charge is 2.37. The zero-order chi connectivity index (χ0) is 16.4. The standard InChI is InChI=1S/C17H24N2O3S/c1-23(21,22)16-8-4-5-13(11-16)18-12-17(20)19(15-9-10-15)14-6-2-3-7-14/h4-5,8,11,14-15,18H,2-3,6-7,9-10,12H2,1H3. The number of sulfone groups is 1. The molecule has 1 aromatic carbocycles. The Hall–Kier alpha value is -1.56. The zero-order valence-corrected chi connectivity index (χ0v) is 14.3. The zero-order valence-electron chi connectivity index (χ0n) is 13.5. The minimum Gasteiger partial charge on any atom is -0.376 e. The number of rotatable bonds is 6. The number of nitrogens with zero attached hydrogens (tertiary/aromatic N) is 1. The van der Waals surface area contributed by atoms with E-state index in [1.807, 2.05) is 0 Å². The summed E-state index contributed by atoms with van der Waals surface area (Å²) in [5.74, 6) is 0.129. The molecular weight excluding hydrogens is 312 g/mol. The normalized spacial score (nSPS) is 18.8. The fourth-order valence-electron chi connectivity index (χ4n) is 3.35. The van der Waals surface area contributed by atoms with Crippen LogP contribution in [-0.4, -0.2) is 44.1 Å². The number of hydrogen-bond acceptors (Lipinski definition) is 4. The number of nitrogens with one attached hydrogen (secondary N) is 1. The van der Waals surface area contributed by atoms with Gasteiger partial charge in [0.2, 0.25) is 5.91 Å². The van der Waals surface area contributed by atoms with Gasteiger partial charge in [0, 0.05) is 24.0 Å². The third-order valence-electron chi connectivity index (χ3n) is 4.65. The first-order valence-electron chi connectivity index (χ1n) is 8.30. The van der Waals surface area contributed by atoms with Gasteiger partial charge in [-0.05, 0) is 43.9 Å². The lowest BCUT2D eigenvalue weighted by molar-refractivity contribution is -0.132. The van der Waals surface area contributed by atoms with Gasteiger partial charge in [-0.25, -0.2) is 8.42 Å². The Bertz CT molecular complexity index is 677. The summed E-state index contributed by atoms with van der Waals surface area (Å²) in [5.41, 5.74) is 0.670. The van der Waals surface area contributed by atoms with Crippen molar-refractivity contribution in [3.05, 3.63) is 24.3 Å². The summed E-state index contributed by atoms with van der Waals surface area (Å²) in [7, 11) is -3.23. The molecule has 1 N–H and O–H groups in total. The van der Waals surface area contributed by atoms with Crippen LogP contribution in [0.15, 0.2) is 29.2 Å². The Morgan fingerprint density at radius 2 is 1.83 bits per heavy atom. The van der Waals surface area contributed by atoms with Gasteiger partial charge < -0.3 is 10.2 Å². The van der Waals surface area contributed by atoms with Crippen molar-refractivity contribution in [3.8, 4) is 0 Å². The highest BCUT2D eigenvalue weighted by atomic mass is 32.2. The topological polar surface area (TPSA) is 66.5 Å². The van der Waals surface area contributed by atoms with Crippen molar-refractivity contribution >= 4 is 21.4 Å². The van der Waals surface area contributed by atoms with Gasteiger partial charge >= 0.3 is 0 Å². The van der Waals surface area contributed by atoms with E-state index in [0.717, 1.165) is 25.7 Å². The van der Waals surface area contributed by atoms with Crippen molar-refractivity contribution in [2.75, 3.05) is 18.1 Å². The molecule has 0 aliphatic heterocycles. The fraction of sp³-hybridized carbons (Fsp3) is 0.588. The first-order chi connectivity index (χ1) is 10.9. The highest BCUT2D eigenvalue weighted by molar-refractivity contribution is 7.90. The van der Waals surface area contributed by atoms with E-state index in [0.29, 0.717) is 17.8 Å². The maximum absolute atomic E-state index is 12.6. The van der Waals surface area contributed by atoms with Gasteiger partial charge in [-0.1, -0.05) is 18.9 Å². The molecule has 5 nitrogen and oxygen atoms in total. The predicted molar refractivity (Wildman–Crippen MR) is 90.2 cm³/mol. The minimum atomic E-state index is -3.23. The molecular formula is C17H24N2O3S. The van der Waals surface area contributed by atoms with Gasteiger partial charge in [0.15, 0.2) is 9.84 Å². The molecule has 0 unspecified atom stereocenters. The van der Waals surface area contributed by atoms with Crippen molar-refractivity contribution in [2.24, 2.45) is 0 Å². The Labute approximate surface area is 138 Å². The van der Waals surface area contributed by atoms with E-state index in [2.05, 4.69) is 10.2 Å². The second kappa shape index (κ2) is 6.51. The molecule has 6 heteroatoms. The van der Waals surface area contributed by atoms with E-state index in [1.165, 1.54) is 19.1 Å². The maximum Gasteiger partial charge on any atom is 0.242 e. The summed E-state index contributed by atoms with van der Waals surface area (Å²) in [5, 5.41) is 3.09. The lowest BCUT2D eigenvalue weighted by Crippen LogP contribution is -2.43. The maximum atomic E-state index is 12.6. The molecule has 0 aromatic heterocycles. The smallest absolute Gasteiger partial charge is 0.242 e. The Balaban J connectivity index is 1.64. The van der Waals surface area contributed by atoms with Gasteiger partial charge in [0.05, 0.1) is 11.4 Å². The molecule has 2 saturated carbocycles. The van der Waals surface area contributed by atoms with Crippen molar-refractivity contribution in [1.29, 1.82) is 0 Å². The second-order valence-electron chi connectivity index (χ2n) is 6.62. The van der Waals surface area contributed by atoms with E-state index >= 15 is 0 Å². The summed E-state index contributed by atoms with van der Waals surface area (Å²) in [6.07, 6.45) is 8.08. The molecule has 2 aliphatic rings. The van der Waals surface area contributed by atoms with E-state index in [1.54, 1.807) is 24.3 Å². The quantitative estimate of drug-likeness (QED) is 0.866. The van der Waals surface area contributed by atoms with Crippen LogP contribution in [0.1, 0.15) is 38.5 Å². The Kier molecular flexibility index (Phi) is 4.62. The van der Waals surface area contributed by atoms with Crippen LogP contribution in [0.2, 0.25) is 0 Å². The van der Waals surface area contributed by atoms with Gasteiger partial charge in [0.25, 0.3) is 0 Å². The van der Waals surface area contributed by atoms with Crippen molar-refractivity contribution < 1.29 is 13.2 Å². The van der Waals surface area contributed by atoms with Crippen LogP contribution in [0.25, 0.3) is 0 Å². The molecule has 1 aromatic rings. The van der Waals surface area contributed by atoms with Gasteiger partial charge in [0.1, 0.15) is 0 Å². The molecule has 0 bridgehead atoms. The monoisotopic (exact) mass is 336 g/mol. The molecule has 0 heterocycles. The lowest BCUT2D eigenvalue weighted by atomic mass is 10.2. The molecule has 23 heavy (non-hydrogen) atoms. The highest BCUT2D eigenvalue weighted by Crippen LogP contribution is 2.34. The molecule has 1 amide bonds. The number of benzene rings is 1. The van der Waals surface area contributed by atoms with Gasteiger partial charge in [-0.3, -0.25) is 4.79 Å². The fourth-order valence-corrected chi connectivity index (χ4v) is 4.01. The number of anilines is 1. The third kappa shape index (κ3) is 4.05. The van der Waals surface area contributed by atoms with Crippen LogP contribution in [-0.2, 0) is 14.6 Å². The molecule has 0 spiro atoms. The lowest BCUT2D eigenvalue weighted by Gasteiger charge is -2.29. The van der Waals surface area contributed by atoms with Crippen molar-refractivity contribution in [1.82, 2.24) is 4.90 Å². The van der Waals surface area contributed by atoms with E-state index in [-0.39, 0.29) is 17.3 Å². The molecule has 0 saturated heterocycles. The molecule has 126 valence electrons. The summed E-state index contributed by atoms with van der Waals surface area (Å²) >= 11 is 0. The summed E-state index contributed by atoms with van der Waals surface area (Å²) in [6, 6.07) is 7.46. The third-order valence-corrected chi connectivity index (χ3v) is 5.76. The van der Waals surface area contributed by atoms with E-state index in [9.17, 15) is 13.2 Å². The van der Waals surface area contributed by atoms with Gasteiger partial charge in [-0.15, -0.1) is 0 Å². The van der Waals surface area contributed by atoms with Crippen molar-refractivity contribution in [3.63, 3.8) is 0 Å². The first-order valence-corrected chi connectivity index (χ1v) is 10.2. The number of hydrogen-bond donors (Lipinski definition) is 1. The minimum absolute atomic E-state index is 0.129. The van der Waals surface area contributed by atoms with Gasteiger partial charge in [-0.2, -0.15) is 0 Å². The number of amides is 1. The largest absolute Gasteiger partial charge is 0.376 e. The second-order valence-corrected chi connectivity index (χ2v) is 8.64. The van der Waals surface area contributed by atoms with Crippen molar-refractivity contribution in [2.45, 2.75) is 55.5 Å². The Morgan fingerprint density at radius 3 is 2.43 bits per heavy atom. The molecule has 0 atom stereocenters. The van der Waals surface area contributed by atoms with Crippen LogP contribution in [0.5, 0.6) is 0 Å². The number of carbonyl (C=O) groups is 1. The van der Waals surface area contributed by atoms with Crippen LogP contribution < -0.4 is 5.32 Å². The first kappa shape index (κ1) is 16.3. The average molecular weight is 336 g/mol. The van der Waals surface area contributed by atoms with Crippen LogP contribution in [0.4, 0.5) is 5.69 Å². The van der Waals surface area contributed by atoms with Crippen LogP contribution in [0.3, 0.4) is 0 Å². The predicted octanol–water partition coefficient (Wildman–Crippen LogP) is 2.44. The van der Waals surface area contributed by atoms with E-state index < -0.39 is 9.84 Å². The molecule has 3 rings (SSSR count). The summed E-state index contributed by atoms with van der Waals surface area (Å²) in [4.78, 5) is 15.0. The average Bonchev–Trinajstić information content (AvgIpc) is 3.19. The molecule has 0 radical (unpaired) electrons. The molecule has 2 aliphatic carbocycles. The summed E-state index contributed by atoms with van der Waals surface area (Å²) < 4.78 is 23.2. The SMILES string of the molecule is CS(=O)(=O)c1cccc(NCC(=O)N(C2CCCC2)C2CC2)c1. The number of carbonyl (C=O) groups excluding carboxylic acids is 1. The van der Waals surface area contributed by atoms with Crippen LogP contribution in [0, 0.1) is 0 Å². The van der Waals surface area contributed by atoms with E-state index in [4.69, 9.17) is 0 Å². The Morgan fingerprint density at radius 1 is 1.17 bits per heavy atom.